The van der Waals surface area contributed by atoms with Crippen LogP contribution in [0, 0.1) is 12.8 Å². The second-order valence-corrected chi connectivity index (χ2v) is 10.1. The summed E-state index contributed by atoms with van der Waals surface area (Å²) < 4.78 is 9.87. The molecule has 0 spiro atoms. The van der Waals surface area contributed by atoms with E-state index in [9.17, 15) is 9.59 Å². The topological polar surface area (TPSA) is 97.4 Å². The van der Waals surface area contributed by atoms with Crippen LogP contribution in [0.2, 0.25) is 5.02 Å². The summed E-state index contributed by atoms with van der Waals surface area (Å²) in [5.74, 6) is 0.943. The van der Waals surface area contributed by atoms with Gasteiger partial charge in [-0.3, -0.25) is 4.79 Å². The minimum Gasteiger partial charge on any atom is -0.437 e. The number of H-pyrrole nitrogens is 1. The van der Waals surface area contributed by atoms with Gasteiger partial charge in [0.2, 0.25) is 0 Å². The number of aryl methyl sites for hydroxylation is 1. The first kappa shape index (κ1) is 23.3. The standard InChI is InChI=1S/C25H23ClN4O4S/c1-13-10-11-30(24(31)20-22(35-14(2)27-20)15-6-4-7-16(26)12-15)21(13)23-28-17-8-5-9-18(19(17)29-23)34-25(32)33-3/h4-9,12-13,21H,10-11H2,1-3H3,(H,28,29)/t13-,21-/m0/s1. The van der Waals surface area contributed by atoms with E-state index in [0.29, 0.717) is 39.9 Å². The Morgan fingerprint density at radius 1 is 1.20 bits per heavy atom. The molecule has 2 atom stereocenters. The summed E-state index contributed by atoms with van der Waals surface area (Å²) in [6, 6.07) is 12.4. The third-order valence-electron chi connectivity index (χ3n) is 6.12. The van der Waals surface area contributed by atoms with Crippen molar-refractivity contribution in [3.8, 4) is 16.2 Å². The fraction of sp³-hybridized carbons (Fsp3) is 0.280. The summed E-state index contributed by atoms with van der Waals surface area (Å²) >= 11 is 7.69. The molecule has 0 bridgehead atoms. The van der Waals surface area contributed by atoms with E-state index < -0.39 is 6.16 Å². The quantitative estimate of drug-likeness (QED) is 0.266. The molecule has 0 saturated carbocycles. The lowest BCUT2D eigenvalue weighted by molar-refractivity contribution is 0.0709. The number of nitrogens with one attached hydrogen (secondary N) is 1. The number of methoxy groups -OCH3 is 1. The van der Waals surface area contributed by atoms with E-state index >= 15 is 0 Å². The van der Waals surface area contributed by atoms with Gasteiger partial charge < -0.3 is 19.4 Å². The highest BCUT2D eigenvalue weighted by Crippen LogP contribution is 2.40. The fourth-order valence-corrected chi connectivity index (χ4v) is 5.60. The number of benzene rings is 2. The first-order valence-electron chi connectivity index (χ1n) is 11.1. The molecule has 180 valence electrons. The van der Waals surface area contributed by atoms with Crippen molar-refractivity contribution in [2.75, 3.05) is 13.7 Å². The van der Waals surface area contributed by atoms with Gasteiger partial charge in [0.1, 0.15) is 17.0 Å². The number of fused-ring (bicyclic) bond motifs is 1. The van der Waals surface area contributed by atoms with E-state index in [1.807, 2.05) is 36.1 Å². The first-order chi connectivity index (χ1) is 16.9. The van der Waals surface area contributed by atoms with Gasteiger partial charge in [-0.05, 0) is 49.1 Å². The Kier molecular flexibility index (Phi) is 6.21. The Hall–Kier alpha value is -3.43. The zero-order valence-corrected chi connectivity index (χ0v) is 20.9. The number of likely N-dealkylation sites (tertiary alicyclic amines) is 1. The zero-order valence-electron chi connectivity index (χ0n) is 19.4. The molecule has 5 rings (SSSR count). The molecule has 1 amide bonds. The molecular formula is C25H23ClN4O4S. The maximum Gasteiger partial charge on any atom is 0.513 e. The van der Waals surface area contributed by atoms with Crippen LogP contribution in [0.1, 0.15) is 40.7 Å². The van der Waals surface area contributed by atoms with Crippen LogP contribution >= 0.6 is 22.9 Å². The summed E-state index contributed by atoms with van der Waals surface area (Å²) in [6.45, 7) is 4.57. The van der Waals surface area contributed by atoms with E-state index in [0.717, 1.165) is 21.9 Å². The summed E-state index contributed by atoms with van der Waals surface area (Å²) in [5.41, 5.74) is 2.49. The van der Waals surface area contributed by atoms with Gasteiger partial charge in [0.05, 0.1) is 28.6 Å². The number of amides is 1. The average Bonchev–Trinajstić information content (AvgIpc) is 3.55. The van der Waals surface area contributed by atoms with Crippen molar-refractivity contribution in [2.45, 2.75) is 26.3 Å². The minimum absolute atomic E-state index is 0.148. The lowest BCUT2D eigenvalue weighted by Crippen LogP contribution is -2.33. The normalized spacial score (nSPS) is 17.7. The van der Waals surface area contributed by atoms with Crippen molar-refractivity contribution in [1.29, 1.82) is 0 Å². The van der Waals surface area contributed by atoms with Gasteiger partial charge in [0, 0.05) is 11.6 Å². The van der Waals surface area contributed by atoms with Gasteiger partial charge >= 0.3 is 6.16 Å². The number of hydrogen-bond acceptors (Lipinski definition) is 7. The molecule has 8 nitrogen and oxygen atoms in total. The Bertz CT molecular complexity index is 1430. The monoisotopic (exact) mass is 510 g/mol. The van der Waals surface area contributed by atoms with Crippen LogP contribution in [0.4, 0.5) is 4.79 Å². The zero-order chi connectivity index (χ0) is 24.7. The fourth-order valence-electron chi connectivity index (χ4n) is 4.50. The van der Waals surface area contributed by atoms with Gasteiger partial charge in [0.15, 0.2) is 5.75 Å². The first-order valence-corrected chi connectivity index (χ1v) is 12.3. The van der Waals surface area contributed by atoms with Crippen molar-refractivity contribution in [2.24, 2.45) is 5.92 Å². The Balaban J connectivity index is 1.52. The highest BCUT2D eigenvalue weighted by molar-refractivity contribution is 7.15. The number of imidazole rings is 1. The van der Waals surface area contributed by atoms with Crippen molar-refractivity contribution < 1.29 is 19.1 Å². The predicted molar refractivity (Wildman–Crippen MR) is 134 cm³/mol. The maximum atomic E-state index is 13.8. The van der Waals surface area contributed by atoms with Crippen LogP contribution in [0.25, 0.3) is 21.5 Å². The number of aromatic nitrogens is 3. The number of rotatable bonds is 4. The van der Waals surface area contributed by atoms with E-state index in [4.69, 9.17) is 21.3 Å². The molecule has 4 aromatic rings. The number of halogens is 1. The highest BCUT2D eigenvalue weighted by Gasteiger charge is 2.39. The molecule has 1 aliphatic rings. The molecule has 35 heavy (non-hydrogen) atoms. The van der Waals surface area contributed by atoms with Crippen LogP contribution in [0.5, 0.6) is 5.75 Å². The van der Waals surface area contributed by atoms with Crippen LogP contribution in [0.3, 0.4) is 0 Å². The largest absolute Gasteiger partial charge is 0.513 e. The number of hydrogen-bond donors (Lipinski definition) is 1. The smallest absolute Gasteiger partial charge is 0.437 e. The summed E-state index contributed by atoms with van der Waals surface area (Å²) in [6.07, 6.45) is 0.00902. The highest BCUT2D eigenvalue weighted by atomic mass is 35.5. The van der Waals surface area contributed by atoms with E-state index in [1.54, 1.807) is 18.2 Å². The number of aromatic amines is 1. The van der Waals surface area contributed by atoms with Gasteiger partial charge in [-0.25, -0.2) is 14.8 Å². The van der Waals surface area contributed by atoms with E-state index in [2.05, 4.69) is 21.6 Å². The number of para-hydroxylation sites is 1. The summed E-state index contributed by atoms with van der Waals surface area (Å²) in [5, 5.41) is 1.41. The average molecular weight is 511 g/mol. The molecule has 10 heteroatoms. The molecule has 1 fully saturated rings. The molecule has 3 heterocycles. The molecule has 0 radical (unpaired) electrons. The van der Waals surface area contributed by atoms with Crippen molar-refractivity contribution in [1.82, 2.24) is 19.9 Å². The molecular weight excluding hydrogens is 488 g/mol. The number of nitrogens with zero attached hydrogens (tertiary/aromatic N) is 3. The molecule has 1 N–H and O–H groups in total. The summed E-state index contributed by atoms with van der Waals surface area (Å²) in [4.78, 5) is 40.8. The Labute approximate surface area is 210 Å². The summed E-state index contributed by atoms with van der Waals surface area (Å²) in [7, 11) is 1.25. The second kappa shape index (κ2) is 9.31. The molecule has 0 unspecified atom stereocenters. The van der Waals surface area contributed by atoms with Crippen LogP contribution in [-0.2, 0) is 4.74 Å². The van der Waals surface area contributed by atoms with Gasteiger partial charge in [0.25, 0.3) is 5.91 Å². The Morgan fingerprint density at radius 2 is 2.00 bits per heavy atom. The number of ether oxygens (including phenoxy) is 2. The van der Waals surface area contributed by atoms with Crippen LogP contribution < -0.4 is 4.74 Å². The molecule has 0 aliphatic carbocycles. The number of carbonyl (C=O) groups excluding carboxylic acids is 2. The van der Waals surface area contributed by atoms with Crippen molar-refractivity contribution >= 4 is 46.0 Å². The third-order valence-corrected chi connectivity index (χ3v) is 7.37. The third kappa shape index (κ3) is 4.37. The Morgan fingerprint density at radius 3 is 2.77 bits per heavy atom. The predicted octanol–water partition coefficient (Wildman–Crippen LogP) is 6.02. The van der Waals surface area contributed by atoms with Gasteiger partial charge in [-0.2, -0.15) is 0 Å². The van der Waals surface area contributed by atoms with Gasteiger partial charge in [-0.15, -0.1) is 11.3 Å². The molecule has 1 aliphatic heterocycles. The molecule has 2 aromatic carbocycles. The minimum atomic E-state index is -0.819. The van der Waals surface area contributed by atoms with Crippen molar-refractivity contribution in [3.05, 3.63) is 64.0 Å². The lowest BCUT2D eigenvalue weighted by atomic mass is 10.0. The molecule has 1 saturated heterocycles. The van der Waals surface area contributed by atoms with Crippen molar-refractivity contribution in [3.63, 3.8) is 0 Å². The maximum absolute atomic E-state index is 13.8. The number of carbonyl (C=O) groups is 2. The lowest BCUT2D eigenvalue weighted by Gasteiger charge is -2.25. The van der Waals surface area contributed by atoms with Crippen LogP contribution in [0.15, 0.2) is 42.5 Å². The van der Waals surface area contributed by atoms with E-state index in [-0.39, 0.29) is 17.9 Å². The van der Waals surface area contributed by atoms with E-state index in [1.165, 1.54) is 18.4 Å². The number of thiazole rings is 1. The van der Waals surface area contributed by atoms with Crippen LogP contribution in [-0.4, -0.2) is 45.6 Å². The second-order valence-electron chi connectivity index (χ2n) is 8.46. The van der Waals surface area contributed by atoms with Gasteiger partial charge in [-0.1, -0.05) is 36.7 Å². The SMILES string of the molecule is COC(=O)Oc1cccc2[nH]c([C@@H]3[C@@H](C)CCN3C(=O)c3nc(C)sc3-c3cccc(Cl)c3)nc12. The molecule has 2 aromatic heterocycles.